The standard InChI is InChI=1S/C12H8S.C12H8Se.C8H6S.C8H6Se.C8H12.C8H8.C6H8O2.C6H8S2.C4H4S.C4H4Se/c2*1-2-4-10-8-12-11(5-6-13-12)7-9(10)3-1;2*1-2-4-8-7(3-1)5-6-9-8;2*1-7-5-3-4-6-8(7)2;2*1-5-6(2)8-4-3-7-5;2*1-2-4-5-3-1/h2*1-8H;2*1-6H;1-6H2;3-6H,1-2H2;2*1-4H2;2*1-4H. The van der Waals surface area contributed by atoms with E-state index < -0.39 is 0 Å². The summed E-state index contributed by atoms with van der Waals surface area (Å²) < 4.78 is 15.7. The normalized spacial score (nSPS) is 13.1. The van der Waals surface area contributed by atoms with Crippen molar-refractivity contribution in [2.75, 3.05) is 24.7 Å². The molecule has 0 radical (unpaired) electrons. The predicted molar refractivity (Wildman–Crippen MR) is 395 cm³/mol. The molecule has 13 aromatic rings. The van der Waals surface area contributed by atoms with E-state index >= 15 is 0 Å². The van der Waals surface area contributed by atoms with Gasteiger partial charge in [0, 0.05) is 30.7 Å². The molecule has 2 saturated heterocycles. The average Bonchev–Trinajstić information content (AvgIpc) is 4.20. The molecule has 3 aliphatic rings. The summed E-state index contributed by atoms with van der Waals surface area (Å²) in [5.41, 5.74) is 2.55. The summed E-state index contributed by atoms with van der Waals surface area (Å²) in [6.07, 6.45) is 4.99. The molecule has 7 aromatic carbocycles. The summed E-state index contributed by atoms with van der Waals surface area (Å²) in [5.74, 6) is 3.50. The van der Waals surface area contributed by atoms with E-state index in [-0.39, 0.29) is 0 Å². The van der Waals surface area contributed by atoms with Crippen molar-refractivity contribution in [1.29, 1.82) is 0 Å². The fourth-order valence-electron chi connectivity index (χ4n) is 8.14. The summed E-state index contributed by atoms with van der Waals surface area (Å²) in [6, 6.07) is 67.9. The molecular weight excluding hydrogens is 1340 g/mol. The number of ether oxygens (including phenoxy) is 2. The van der Waals surface area contributed by atoms with Gasteiger partial charge in [-0.05, 0) is 110 Å². The van der Waals surface area contributed by atoms with E-state index in [1.54, 1.807) is 34.0 Å². The molecule has 0 unspecified atom stereocenters. The maximum atomic E-state index is 4.97. The largest absolute Gasteiger partial charge is 0.152 e. The van der Waals surface area contributed by atoms with Crippen LogP contribution in [0.3, 0.4) is 0 Å². The van der Waals surface area contributed by atoms with E-state index in [2.05, 4.69) is 241 Å². The third kappa shape index (κ3) is 23.4. The third-order valence-electron chi connectivity index (χ3n) is 12.9. The average molecular weight is 1410 g/mol. The number of hydrogen-bond donors (Lipinski definition) is 0. The van der Waals surface area contributed by atoms with E-state index in [0.717, 1.165) is 20.2 Å². The molecule has 16 rings (SSSR count). The van der Waals surface area contributed by atoms with Crippen LogP contribution in [0.15, 0.2) is 307 Å². The summed E-state index contributed by atoms with van der Waals surface area (Å²) >= 11 is 10.8. The van der Waals surface area contributed by atoms with Gasteiger partial charge < -0.3 is 9.47 Å². The van der Waals surface area contributed by atoms with E-state index in [1.165, 1.54) is 109 Å². The van der Waals surface area contributed by atoms with Crippen molar-refractivity contribution in [1.82, 2.24) is 0 Å². The second-order valence-electron chi connectivity index (χ2n) is 19.1. The number of thiophene rings is 3. The van der Waals surface area contributed by atoms with E-state index in [0.29, 0.717) is 68.2 Å². The van der Waals surface area contributed by atoms with Crippen molar-refractivity contribution in [2.24, 2.45) is 0 Å². The first-order chi connectivity index (χ1) is 42.0. The second kappa shape index (κ2) is 38.1. The molecule has 8 heterocycles. The predicted octanol–water partition coefficient (Wildman–Crippen LogP) is 21.1. The molecule has 6 aromatic heterocycles. The zero-order valence-electron chi connectivity index (χ0n) is 48.5. The second-order valence-corrected chi connectivity index (χ2v) is 29.9. The summed E-state index contributed by atoms with van der Waals surface area (Å²) in [7, 11) is 0. The van der Waals surface area contributed by atoms with Crippen molar-refractivity contribution in [3.8, 4) is 0 Å². The minimum Gasteiger partial charge on any atom is -0.152 e. The maximum absolute atomic E-state index is 4.97. The molecule has 3 fully saturated rings. The molecule has 1 aliphatic carbocycles. The molecule has 0 N–H and O–H groups in total. The fraction of sp³-hybridized carbons (Fsp3) is 0.105. The summed E-state index contributed by atoms with van der Waals surface area (Å²) in [6.45, 7) is 31.3. The molecule has 436 valence electrons. The van der Waals surface area contributed by atoms with Crippen LogP contribution in [0.1, 0.15) is 25.7 Å². The Labute approximate surface area is 547 Å². The minimum absolute atomic E-state index is 0.552. The number of hydrogen-bond acceptors (Lipinski definition) is 7. The fourth-order valence-corrected chi connectivity index (χ4v) is 16.4. The molecule has 2 aliphatic heterocycles. The molecular formula is C76H72O2S5Se3. The monoisotopic (exact) mass is 1420 g/mol. The third-order valence-corrected chi connectivity index (χ3v) is 22.8. The van der Waals surface area contributed by atoms with Gasteiger partial charge in [0.15, 0.2) is 11.5 Å². The van der Waals surface area contributed by atoms with Crippen LogP contribution in [0.5, 0.6) is 0 Å². The zero-order chi connectivity index (χ0) is 60.6. The Morgan fingerprint density at radius 1 is 0.349 bits per heavy atom. The van der Waals surface area contributed by atoms with Crippen LogP contribution < -0.4 is 10.4 Å². The number of rotatable bonds is 0. The molecule has 1 saturated carbocycles. The van der Waals surface area contributed by atoms with Crippen LogP contribution in [-0.4, -0.2) is 68.2 Å². The SMILES string of the molecule is C=C1CCCCC1=C.C=C1OCCOC1=C.C=C1SCCSC1=C.C=c1ccccc1=C.c1cc[se]c1.c1ccc2[se]ccc2c1.c1ccc2cc3[se]ccc3cc2c1.c1ccc2cc3sccc3cc2c1.c1ccc2sccc2c1.c1ccsc1. The maximum Gasteiger partial charge on any atom is 0.0349 e. The van der Waals surface area contributed by atoms with Gasteiger partial charge in [-0.1, -0.05) is 143 Å². The van der Waals surface area contributed by atoms with Crippen LogP contribution in [0.25, 0.3) is 74.2 Å². The van der Waals surface area contributed by atoms with Crippen molar-refractivity contribution >= 4 is 175 Å². The van der Waals surface area contributed by atoms with Gasteiger partial charge in [0.05, 0.1) is 0 Å². The number of benzene rings is 7. The molecule has 10 heteroatoms. The molecule has 0 amide bonds. The van der Waals surface area contributed by atoms with Gasteiger partial charge in [-0.3, -0.25) is 0 Å². The van der Waals surface area contributed by atoms with Gasteiger partial charge in [-0.2, -0.15) is 11.3 Å². The Bertz CT molecular complexity index is 3730. The molecule has 86 heavy (non-hydrogen) atoms. The van der Waals surface area contributed by atoms with Crippen LogP contribution >= 0.6 is 57.5 Å². The molecule has 0 spiro atoms. The van der Waals surface area contributed by atoms with Crippen LogP contribution in [0.2, 0.25) is 0 Å². The minimum atomic E-state index is 0.552. The van der Waals surface area contributed by atoms with Gasteiger partial charge in [0.25, 0.3) is 0 Å². The van der Waals surface area contributed by atoms with Gasteiger partial charge in [0.2, 0.25) is 0 Å². The van der Waals surface area contributed by atoms with E-state index in [1.807, 2.05) is 70.7 Å². The van der Waals surface area contributed by atoms with Gasteiger partial charge in [-0.15, -0.1) is 46.2 Å². The van der Waals surface area contributed by atoms with E-state index in [4.69, 9.17) is 9.47 Å². The quantitative estimate of drug-likeness (QED) is 0.141. The van der Waals surface area contributed by atoms with Crippen molar-refractivity contribution in [2.45, 2.75) is 25.7 Å². The van der Waals surface area contributed by atoms with Crippen LogP contribution in [0, 0.1) is 0 Å². The number of fused-ring (bicyclic) bond motifs is 6. The smallest absolute Gasteiger partial charge is 0.0349 e. The molecule has 0 bridgehead atoms. The first-order valence-corrected chi connectivity index (χ1v) is 38.2. The Hall–Kier alpha value is -6.32. The van der Waals surface area contributed by atoms with Crippen molar-refractivity contribution < 1.29 is 9.47 Å². The molecule has 0 atom stereocenters. The van der Waals surface area contributed by atoms with Crippen molar-refractivity contribution in [3.63, 3.8) is 0 Å². The zero-order valence-corrected chi connectivity index (χ0v) is 57.7. The Kier molecular flexibility index (Phi) is 29.7. The Morgan fingerprint density at radius 2 is 0.802 bits per heavy atom. The molecule has 2 nitrogen and oxygen atoms in total. The Morgan fingerprint density at radius 3 is 1.28 bits per heavy atom. The van der Waals surface area contributed by atoms with Gasteiger partial charge >= 0.3 is 178 Å². The van der Waals surface area contributed by atoms with Crippen LogP contribution in [0.4, 0.5) is 0 Å². The first kappa shape index (κ1) is 67.2. The first-order valence-electron chi connectivity index (χ1n) is 27.9. The summed E-state index contributed by atoms with van der Waals surface area (Å²) in [4.78, 5) is 11.2. The van der Waals surface area contributed by atoms with Gasteiger partial charge in [-0.25, -0.2) is 0 Å². The Balaban J connectivity index is 0.000000139. The van der Waals surface area contributed by atoms with Crippen molar-refractivity contribution in [3.05, 3.63) is 318 Å². The van der Waals surface area contributed by atoms with E-state index in [9.17, 15) is 0 Å². The number of allylic oxidation sites excluding steroid dienone is 2. The summed E-state index contributed by atoms with van der Waals surface area (Å²) in [5, 5.41) is 21.3. The van der Waals surface area contributed by atoms with Gasteiger partial charge in [0.1, 0.15) is 13.2 Å². The number of thioether (sulfide) groups is 2. The van der Waals surface area contributed by atoms with Crippen LogP contribution in [-0.2, 0) is 9.47 Å². The topological polar surface area (TPSA) is 18.5 Å².